The zero-order valence-corrected chi connectivity index (χ0v) is 23.5. The van der Waals surface area contributed by atoms with Crippen LogP contribution in [0.15, 0.2) is 52.2 Å². The highest BCUT2D eigenvalue weighted by Gasteiger charge is 2.26. The Morgan fingerprint density at radius 1 is 1.18 bits per heavy atom. The van der Waals surface area contributed by atoms with Crippen LogP contribution in [0.1, 0.15) is 46.3 Å². The van der Waals surface area contributed by atoms with E-state index in [-0.39, 0.29) is 11.1 Å². The van der Waals surface area contributed by atoms with Crippen LogP contribution >= 0.6 is 11.6 Å². The molecule has 0 saturated carbocycles. The van der Waals surface area contributed by atoms with Crippen LogP contribution in [0.3, 0.4) is 0 Å². The minimum atomic E-state index is -0.733. The molecule has 1 unspecified atom stereocenters. The molecule has 1 aliphatic carbocycles. The number of carbonyl (C=O) groups is 1. The van der Waals surface area contributed by atoms with Gasteiger partial charge in [-0.25, -0.2) is 14.2 Å². The number of amides is 1. The number of benzene rings is 2. The summed E-state index contributed by atoms with van der Waals surface area (Å²) in [5, 5.41) is 2.99. The standard InChI is InChI=1S/C30H28ClFN4O4/c1-15-9-10-17-13-23(34-28(40-5)24(15)17)18-7-6-8-19(26(18)31)25-16(2)22(12-11-21(25)32)33-27(37)20-14-35(3)30(39)36(4)29(20)38/h6-8,11-15H,9-10H2,1-5H3,(H,33,37). The molecule has 4 aromatic rings. The van der Waals surface area contributed by atoms with Crippen molar-refractivity contribution in [2.45, 2.75) is 32.6 Å². The lowest BCUT2D eigenvalue weighted by Gasteiger charge is -2.17. The van der Waals surface area contributed by atoms with Crippen molar-refractivity contribution in [3.63, 3.8) is 0 Å². The van der Waals surface area contributed by atoms with Crippen molar-refractivity contribution in [2.24, 2.45) is 14.1 Å². The van der Waals surface area contributed by atoms with Crippen molar-refractivity contribution in [2.75, 3.05) is 12.4 Å². The molecular weight excluding hydrogens is 535 g/mol. The third-order valence-electron chi connectivity index (χ3n) is 7.54. The summed E-state index contributed by atoms with van der Waals surface area (Å²) in [5.74, 6) is -0.333. The number of rotatable bonds is 5. The fourth-order valence-electron chi connectivity index (χ4n) is 5.35. The maximum Gasteiger partial charge on any atom is 0.330 e. The molecule has 206 valence electrons. The number of carbonyl (C=O) groups excluding carboxylic acids is 1. The number of anilines is 1. The van der Waals surface area contributed by atoms with Crippen LogP contribution in [0.2, 0.25) is 5.02 Å². The topological polar surface area (TPSA) is 95.2 Å². The van der Waals surface area contributed by atoms with Crippen LogP contribution in [-0.2, 0) is 20.5 Å². The Morgan fingerprint density at radius 2 is 1.90 bits per heavy atom. The monoisotopic (exact) mass is 562 g/mol. The Kier molecular flexibility index (Phi) is 7.10. The van der Waals surface area contributed by atoms with Gasteiger partial charge in [0, 0.05) is 48.2 Å². The highest BCUT2D eigenvalue weighted by atomic mass is 35.5. The van der Waals surface area contributed by atoms with Crippen LogP contribution in [0, 0.1) is 12.7 Å². The Bertz CT molecular complexity index is 1810. The molecule has 0 saturated heterocycles. The molecule has 2 heterocycles. The van der Waals surface area contributed by atoms with Gasteiger partial charge in [-0.15, -0.1) is 0 Å². The molecular formula is C30H28ClFN4O4. The van der Waals surface area contributed by atoms with Crippen molar-refractivity contribution in [1.82, 2.24) is 14.1 Å². The van der Waals surface area contributed by atoms with Gasteiger partial charge in [0.1, 0.15) is 11.4 Å². The zero-order valence-electron chi connectivity index (χ0n) is 22.8. The number of fused-ring (bicyclic) bond motifs is 1. The Balaban J connectivity index is 1.57. The van der Waals surface area contributed by atoms with E-state index in [9.17, 15) is 14.4 Å². The quantitative estimate of drug-likeness (QED) is 0.360. The normalized spacial score (nSPS) is 14.2. The number of methoxy groups -OCH3 is 1. The highest BCUT2D eigenvalue weighted by molar-refractivity contribution is 6.36. The summed E-state index contributed by atoms with van der Waals surface area (Å²) in [6.07, 6.45) is 3.10. The molecule has 2 aromatic carbocycles. The maximum atomic E-state index is 15.3. The van der Waals surface area contributed by atoms with Gasteiger partial charge in [-0.3, -0.25) is 14.2 Å². The predicted molar refractivity (Wildman–Crippen MR) is 153 cm³/mol. The average Bonchev–Trinajstić information content (AvgIpc) is 3.32. The van der Waals surface area contributed by atoms with Crippen molar-refractivity contribution in [3.05, 3.63) is 96.5 Å². The second-order valence-corrected chi connectivity index (χ2v) is 10.4. The fourth-order valence-corrected chi connectivity index (χ4v) is 5.66. The molecule has 1 amide bonds. The van der Waals surface area contributed by atoms with Crippen LogP contribution in [-0.4, -0.2) is 27.1 Å². The lowest BCUT2D eigenvalue weighted by atomic mass is 9.95. The molecule has 0 spiro atoms. The van der Waals surface area contributed by atoms with E-state index >= 15 is 4.39 Å². The second kappa shape index (κ2) is 10.4. The summed E-state index contributed by atoms with van der Waals surface area (Å²) >= 11 is 6.91. The van der Waals surface area contributed by atoms with E-state index in [2.05, 4.69) is 12.2 Å². The summed E-state index contributed by atoms with van der Waals surface area (Å²) < 4.78 is 23.0. The van der Waals surface area contributed by atoms with Crippen molar-refractivity contribution in [3.8, 4) is 28.3 Å². The van der Waals surface area contributed by atoms with Crippen LogP contribution in [0.4, 0.5) is 10.1 Å². The number of hydrogen-bond acceptors (Lipinski definition) is 5. The average molecular weight is 563 g/mol. The molecule has 40 heavy (non-hydrogen) atoms. The SMILES string of the molecule is COc1nc(-c2cccc(-c3c(F)ccc(NC(=O)c4cn(C)c(=O)n(C)c4=O)c3C)c2Cl)cc2c1C(C)CC2. The Morgan fingerprint density at radius 3 is 2.62 bits per heavy atom. The van der Waals surface area contributed by atoms with E-state index in [1.54, 1.807) is 26.2 Å². The van der Waals surface area contributed by atoms with E-state index < -0.39 is 23.0 Å². The molecule has 8 nitrogen and oxygen atoms in total. The molecule has 0 radical (unpaired) electrons. The van der Waals surface area contributed by atoms with E-state index in [0.717, 1.165) is 33.1 Å². The third kappa shape index (κ3) is 4.50. The van der Waals surface area contributed by atoms with Gasteiger partial charge < -0.3 is 14.6 Å². The molecule has 1 aliphatic rings. The molecule has 2 aromatic heterocycles. The highest BCUT2D eigenvalue weighted by Crippen LogP contribution is 2.44. The number of nitrogens with zero attached hydrogens (tertiary/aromatic N) is 3. The molecule has 1 N–H and O–H groups in total. The fraction of sp³-hybridized carbons (Fsp3) is 0.267. The molecule has 1 atom stereocenters. The van der Waals surface area contributed by atoms with Gasteiger partial charge in [-0.05, 0) is 55.0 Å². The lowest BCUT2D eigenvalue weighted by molar-refractivity contribution is 0.102. The van der Waals surface area contributed by atoms with Crippen molar-refractivity contribution >= 4 is 23.2 Å². The first-order chi connectivity index (χ1) is 19.0. The summed E-state index contributed by atoms with van der Waals surface area (Å²) in [6.45, 7) is 3.81. The molecule has 0 aliphatic heterocycles. The number of aryl methyl sites for hydroxylation is 2. The van der Waals surface area contributed by atoms with E-state index in [1.165, 1.54) is 32.4 Å². The van der Waals surface area contributed by atoms with Crippen molar-refractivity contribution < 1.29 is 13.9 Å². The number of hydrogen-bond donors (Lipinski definition) is 1. The summed E-state index contributed by atoms with van der Waals surface area (Å²) in [6, 6.07) is 9.98. The summed E-state index contributed by atoms with van der Waals surface area (Å²) in [5.41, 5.74) is 3.37. The summed E-state index contributed by atoms with van der Waals surface area (Å²) in [4.78, 5) is 42.3. The van der Waals surface area contributed by atoms with Gasteiger partial charge in [-0.1, -0.05) is 36.7 Å². The van der Waals surface area contributed by atoms with Crippen LogP contribution in [0.5, 0.6) is 5.88 Å². The molecule has 0 bridgehead atoms. The van der Waals surface area contributed by atoms with Crippen LogP contribution < -0.4 is 21.3 Å². The minimum absolute atomic E-state index is 0.208. The minimum Gasteiger partial charge on any atom is -0.481 e. The second-order valence-electron chi connectivity index (χ2n) is 10.0. The number of ether oxygens (including phenoxy) is 1. The van der Waals surface area contributed by atoms with Gasteiger partial charge in [0.2, 0.25) is 5.88 Å². The van der Waals surface area contributed by atoms with E-state index in [4.69, 9.17) is 21.3 Å². The molecule has 0 fully saturated rings. The van der Waals surface area contributed by atoms with Crippen molar-refractivity contribution in [1.29, 1.82) is 0 Å². The molecule has 10 heteroatoms. The number of aromatic nitrogens is 3. The number of pyridine rings is 1. The van der Waals surface area contributed by atoms with Gasteiger partial charge in [0.25, 0.3) is 11.5 Å². The Labute approximate surface area is 235 Å². The number of nitrogens with one attached hydrogen (secondary N) is 1. The van der Waals surface area contributed by atoms with Gasteiger partial charge >= 0.3 is 5.69 Å². The largest absolute Gasteiger partial charge is 0.481 e. The van der Waals surface area contributed by atoms with Gasteiger partial charge in [-0.2, -0.15) is 0 Å². The zero-order chi connectivity index (χ0) is 28.9. The third-order valence-corrected chi connectivity index (χ3v) is 7.95. The first-order valence-electron chi connectivity index (χ1n) is 12.8. The first kappa shape index (κ1) is 27.3. The predicted octanol–water partition coefficient (Wildman–Crippen LogP) is 5.22. The first-order valence-corrected chi connectivity index (χ1v) is 13.1. The van der Waals surface area contributed by atoms with Gasteiger partial charge in [0.15, 0.2) is 0 Å². The summed E-state index contributed by atoms with van der Waals surface area (Å²) in [7, 11) is 4.34. The maximum absolute atomic E-state index is 15.3. The molecule has 5 rings (SSSR count). The van der Waals surface area contributed by atoms with E-state index in [1.807, 2.05) is 12.1 Å². The van der Waals surface area contributed by atoms with Gasteiger partial charge in [0.05, 0.1) is 17.8 Å². The number of halogens is 2. The van der Waals surface area contributed by atoms with E-state index in [0.29, 0.717) is 44.9 Å². The van der Waals surface area contributed by atoms with Crippen LogP contribution in [0.25, 0.3) is 22.4 Å². The smallest absolute Gasteiger partial charge is 0.330 e. The lowest BCUT2D eigenvalue weighted by Crippen LogP contribution is -2.40. The Hall–Kier alpha value is -4.24.